The Morgan fingerprint density at radius 3 is 2.54 bits per heavy atom. The summed E-state index contributed by atoms with van der Waals surface area (Å²) in [5, 5.41) is 8.31. The number of halogens is 1. The molecule has 4 rings (SSSR count). The number of benzene rings is 2. The minimum atomic E-state index is -0.616. The summed E-state index contributed by atoms with van der Waals surface area (Å²) in [5.41, 5.74) is 9.12. The fourth-order valence-electron chi connectivity index (χ4n) is 3.74. The highest BCUT2D eigenvalue weighted by Gasteiger charge is 2.17. The Kier molecular flexibility index (Phi) is 7.89. The van der Waals surface area contributed by atoms with E-state index in [1.54, 1.807) is 31.5 Å². The van der Waals surface area contributed by atoms with Gasteiger partial charge < -0.3 is 15.8 Å². The first-order chi connectivity index (χ1) is 16.3. The SMILES string of the molecule is COc1cccc(-c2ccc3c(=O)n(-c4ccc(NC(=O)C(N)C(C)C)cn4)ncc3c2)c1C.Cl. The van der Waals surface area contributed by atoms with Gasteiger partial charge in [0.1, 0.15) is 5.75 Å². The Labute approximate surface area is 209 Å². The number of anilines is 1. The molecular formula is C26H28ClN5O3. The van der Waals surface area contributed by atoms with Crippen LogP contribution >= 0.6 is 12.4 Å². The third-order valence-electron chi connectivity index (χ3n) is 5.86. The zero-order chi connectivity index (χ0) is 24.4. The van der Waals surface area contributed by atoms with Crippen LogP contribution in [0.5, 0.6) is 5.75 Å². The molecule has 0 spiro atoms. The highest BCUT2D eigenvalue weighted by Crippen LogP contribution is 2.31. The van der Waals surface area contributed by atoms with Gasteiger partial charge in [0.15, 0.2) is 5.82 Å². The van der Waals surface area contributed by atoms with Gasteiger partial charge in [-0.05, 0) is 59.9 Å². The van der Waals surface area contributed by atoms with Gasteiger partial charge in [-0.25, -0.2) is 4.98 Å². The second-order valence-corrected chi connectivity index (χ2v) is 8.46. The number of hydrogen-bond donors (Lipinski definition) is 2. The van der Waals surface area contributed by atoms with Crippen molar-refractivity contribution in [3.8, 4) is 22.7 Å². The average molecular weight is 494 g/mol. The van der Waals surface area contributed by atoms with E-state index in [-0.39, 0.29) is 29.8 Å². The van der Waals surface area contributed by atoms with Crippen LogP contribution in [0.25, 0.3) is 27.7 Å². The quantitative estimate of drug-likeness (QED) is 0.418. The van der Waals surface area contributed by atoms with E-state index >= 15 is 0 Å². The summed E-state index contributed by atoms with van der Waals surface area (Å²) in [6.45, 7) is 5.76. The van der Waals surface area contributed by atoms with Crippen LogP contribution in [0.3, 0.4) is 0 Å². The number of hydrogen-bond acceptors (Lipinski definition) is 6. The molecule has 0 aliphatic rings. The molecule has 9 heteroatoms. The van der Waals surface area contributed by atoms with Crippen LogP contribution in [-0.4, -0.2) is 33.8 Å². The summed E-state index contributed by atoms with van der Waals surface area (Å²) in [4.78, 5) is 29.6. The highest BCUT2D eigenvalue weighted by molar-refractivity contribution is 5.94. The molecule has 2 heterocycles. The molecule has 0 aliphatic heterocycles. The van der Waals surface area contributed by atoms with Crippen LogP contribution in [0.4, 0.5) is 5.69 Å². The fourth-order valence-corrected chi connectivity index (χ4v) is 3.74. The number of carbonyl (C=O) groups excluding carboxylic acids is 1. The molecule has 0 aliphatic carbocycles. The second kappa shape index (κ2) is 10.7. The van der Waals surface area contributed by atoms with Crippen LogP contribution < -0.4 is 21.3 Å². The van der Waals surface area contributed by atoms with Crippen LogP contribution in [0.15, 0.2) is 65.7 Å². The largest absolute Gasteiger partial charge is 0.496 e. The van der Waals surface area contributed by atoms with Gasteiger partial charge in [0.05, 0.1) is 36.6 Å². The summed E-state index contributed by atoms with van der Waals surface area (Å²) < 4.78 is 6.67. The topological polar surface area (TPSA) is 112 Å². The Bertz CT molecular complexity index is 1420. The number of nitrogens with zero attached hydrogens (tertiary/aromatic N) is 3. The molecule has 1 amide bonds. The van der Waals surface area contributed by atoms with E-state index in [0.29, 0.717) is 16.9 Å². The van der Waals surface area contributed by atoms with Crippen LogP contribution in [0, 0.1) is 12.8 Å². The lowest BCUT2D eigenvalue weighted by Crippen LogP contribution is -2.39. The molecule has 35 heavy (non-hydrogen) atoms. The maximum Gasteiger partial charge on any atom is 0.280 e. The van der Waals surface area contributed by atoms with Gasteiger partial charge in [0.2, 0.25) is 5.91 Å². The molecular weight excluding hydrogens is 466 g/mol. The summed E-state index contributed by atoms with van der Waals surface area (Å²) >= 11 is 0. The lowest BCUT2D eigenvalue weighted by Gasteiger charge is -2.15. The lowest BCUT2D eigenvalue weighted by molar-refractivity contribution is -0.118. The molecule has 1 atom stereocenters. The molecule has 4 aromatic rings. The van der Waals surface area contributed by atoms with E-state index < -0.39 is 6.04 Å². The fraction of sp³-hybridized carbons (Fsp3) is 0.231. The number of methoxy groups -OCH3 is 1. The first-order valence-corrected chi connectivity index (χ1v) is 11.0. The minimum absolute atomic E-state index is 0. The van der Waals surface area contributed by atoms with Crippen molar-refractivity contribution < 1.29 is 9.53 Å². The zero-order valence-corrected chi connectivity index (χ0v) is 20.8. The smallest absolute Gasteiger partial charge is 0.280 e. The molecule has 0 radical (unpaired) electrons. The van der Waals surface area contributed by atoms with E-state index in [0.717, 1.165) is 27.8 Å². The van der Waals surface area contributed by atoms with Crippen molar-refractivity contribution in [2.24, 2.45) is 11.7 Å². The normalized spacial score (nSPS) is 11.7. The third-order valence-corrected chi connectivity index (χ3v) is 5.86. The van der Waals surface area contributed by atoms with Gasteiger partial charge in [-0.2, -0.15) is 9.78 Å². The van der Waals surface area contributed by atoms with Gasteiger partial charge in [0.25, 0.3) is 5.56 Å². The van der Waals surface area contributed by atoms with Crippen molar-refractivity contribution in [2.75, 3.05) is 12.4 Å². The zero-order valence-electron chi connectivity index (χ0n) is 20.0. The Morgan fingerprint density at radius 2 is 1.89 bits per heavy atom. The number of fused-ring (bicyclic) bond motifs is 1. The number of carbonyl (C=O) groups is 1. The number of pyridine rings is 1. The van der Waals surface area contributed by atoms with E-state index in [1.807, 2.05) is 51.1 Å². The van der Waals surface area contributed by atoms with Gasteiger partial charge in [-0.15, -0.1) is 12.4 Å². The summed E-state index contributed by atoms with van der Waals surface area (Å²) in [7, 11) is 1.65. The number of ether oxygens (including phenoxy) is 1. The Hall–Kier alpha value is -3.75. The number of nitrogens with two attached hydrogens (primary N) is 1. The van der Waals surface area contributed by atoms with E-state index in [2.05, 4.69) is 15.4 Å². The maximum absolute atomic E-state index is 13.1. The molecule has 0 saturated carbocycles. The van der Waals surface area contributed by atoms with Gasteiger partial charge in [0, 0.05) is 5.39 Å². The lowest BCUT2D eigenvalue weighted by atomic mass is 9.98. The molecule has 182 valence electrons. The predicted octanol–water partition coefficient (Wildman–Crippen LogP) is 4.11. The standard InChI is InChI=1S/C26H27N5O3.ClH/c1-15(2)24(27)25(32)30-19-9-11-23(28-14-19)31-26(33)21-10-8-17(12-18(21)13-29-31)20-6-5-7-22(34-4)16(20)3;/h5-15,24H,27H2,1-4H3,(H,30,32);1H. The molecule has 0 fully saturated rings. The van der Waals surface area contributed by atoms with Crippen molar-refractivity contribution in [1.82, 2.24) is 14.8 Å². The molecule has 2 aromatic heterocycles. The molecule has 3 N–H and O–H groups in total. The number of nitrogens with one attached hydrogen (secondary N) is 1. The minimum Gasteiger partial charge on any atom is -0.496 e. The highest BCUT2D eigenvalue weighted by atomic mass is 35.5. The first kappa shape index (κ1) is 25.9. The van der Waals surface area contributed by atoms with Crippen molar-refractivity contribution in [1.29, 1.82) is 0 Å². The van der Waals surface area contributed by atoms with E-state index in [1.165, 1.54) is 10.9 Å². The maximum atomic E-state index is 13.1. The molecule has 0 bridgehead atoms. The molecule has 0 saturated heterocycles. The van der Waals surface area contributed by atoms with Crippen molar-refractivity contribution in [2.45, 2.75) is 26.8 Å². The van der Waals surface area contributed by atoms with E-state index in [4.69, 9.17) is 10.5 Å². The monoisotopic (exact) mass is 493 g/mol. The number of amides is 1. The first-order valence-electron chi connectivity index (χ1n) is 11.0. The summed E-state index contributed by atoms with van der Waals surface area (Å²) in [5.74, 6) is 0.891. The second-order valence-electron chi connectivity index (χ2n) is 8.46. The third kappa shape index (κ3) is 5.18. The molecule has 1 unspecified atom stereocenters. The van der Waals surface area contributed by atoms with Crippen molar-refractivity contribution in [3.05, 3.63) is 76.8 Å². The molecule has 2 aromatic carbocycles. The van der Waals surface area contributed by atoms with Crippen molar-refractivity contribution in [3.63, 3.8) is 0 Å². The average Bonchev–Trinajstić information content (AvgIpc) is 2.84. The van der Waals surface area contributed by atoms with Crippen molar-refractivity contribution >= 4 is 34.8 Å². The van der Waals surface area contributed by atoms with Crippen LogP contribution in [0.1, 0.15) is 19.4 Å². The van der Waals surface area contributed by atoms with Gasteiger partial charge in [-0.3, -0.25) is 9.59 Å². The van der Waals surface area contributed by atoms with Gasteiger partial charge in [-0.1, -0.05) is 32.0 Å². The van der Waals surface area contributed by atoms with Crippen LogP contribution in [-0.2, 0) is 4.79 Å². The molecule has 8 nitrogen and oxygen atoms in total. The Morgan fingerprint density at radius 1 is 1.11 bits per heavy atom. The number of aromatic nitrogens is 3. The van der Waals surface area contributed by atoms with Gasteiger partial charge >= 0.3 is 0 Å². The van der Waals surface area contributed by atoms with E-state index in [9.17, 15) is 9.59 Å². The number of rotatable bonds is 6. The Balaban J connectivity index is 0.00000342. The summed E-state index contributed by atoms with van der Waals surface area (Å²) in [6, 6.07) is 14.2. The summed E-state index contributed by atoms with van der Waals surface area (Å²) in [6.07, 6.45) is 3.13. The van der Waals surface area contributed by atoms with Crippen LogP contribution in [0.2, 0.25) is 0 Å². The predicted molar refractivity (Wildman–Crippen MR) is 141 cm³/mol.